The van der Waals surface area contributed by atoms with Gasteiger partial charge in [0.25, 0.3) is 11.8 Å². The van der Waals surface area contributed by atoms with Crippen LogP contribution in [-0.2, 0) is 9.59 Å². The summed E-state index contributed by atoms with van der Waals surface area (Å²) in [5.41, 5.74) is 5.59. The van der Waals surface area contributed by atoms with Crippen LogP contribution in [0.4, 0.5) is 11.4 Å². The van der Waals surface area contributed by atoms with Crippen LogP contribution >= 0.6 is 11.6 Å². The SMILES string of the molecule is Cc1ccc(C2=C(Nc3ccc(C)cc3C)C(=O)N(c3ccccc3Cl)C2=O)cc1. The Morgan fingerprint density at radius 3 is 2.13 bits per heavy atom. The highest BCUT2D eigenvalue weighted by Gasteiger charge is 2.41. The average molecular weight is 417 g/mol. The smallest absolute Gasteiger partial charge is 0.282 e. The summed E-state index contributed by atoms with van der Waals surface area (Å²) in [5.74, 6) is -0.826. The Morgan fingerprint density at radius 1 is 0.800 bits per heavy atom. The van der Waals surface area contributed by atoms with Crippen molar-refractivity contribution in [1.29, 1.82) is 0 Å². The molecule has 0 saturated carbocycles. The molecule has 0 radical (unpaired) electrons. The second-order valence-electron chi connectivity index (χ2n) is 7.46. The maximum atomic E-state index is 13.4. The van der Waals surface area contributed by atoms with E-state index in [0.717, 1.165) is 27.3 Å². The van der Waals surface area contributed by atoms with E-state index in [1.807, 2.05) is 63.2 Å². The van der Waals surface area contributed by atoms with Crippen molar-refractivity contribution in [2.75, 3.05) is 10.2 Å². The molecule has 0 saturated heterocycles. The lowest BCUT2D eigenvalue weighted by Crippen LogP contribution is -2.32. The van der Waals surface area contributed by atoms with Crippen molar-refractivity contribution in [3.8, 4) is 0 Å². The van der Waals surface area contributed by atoms with Crippen LogP contribution in [0.1, 0.15) is 22.3 Å². The maximum Gasteiger partial charge on any atom is 0.282 e. The summed E-state index contributed by atoms with van der Waals surface area (Å²) in [6.45, 7) is 5.95. The molecule has 4 rings (SSSR count). The summed E-state index contributed by atoms with van der Waals surface area (Å²) in [7, 11) is 0. The fraction of sp³-hybridized carbons (Fsp3) is 0.120. The van der Waals surface area contributed by atoms with Gasteiger partial charge >= 0.3 is 0 Å². The number of halogens is 1. The van der Waals surface area contributed by atoms with Crippen molar-refractivity contribution in [2.45, 2.75) is 20.8 Å². The zero-order valence-corrected chi connectivity index (χ0v) is 17.7. The summed E-state index contributed by atoms with van der Waals surface area (Å²) >= 11 is 6.31. The molecule has 4 nitrogen and oxygen atoms in total. The monoisotopic (exact) mass is 416 g/mol. The molecule has 0 fully saturated rings. The Balaban J connectivity index is 1.86. The molecule has 1 N–H and O–H groups in total. The van der Waals surface area contributed by atoms with E-state index in [1.54, 1.807) is 24.3 Å². The molecule has 3 aromatic rings. The lowest BCUT2D eigenvalue weighted by molar-refractivity contribution is -0.120. The third-order valence-corrected chi connectivity index (χ3v) is 5.48. The molecule has 0 spiro atoms. The fourth-order valence-electron chi connectivity index (χ4n) is 3.57. The highest BCUT2D eigenvalue weighted by molar-refractivity contribution is 6.48. The van der Waals surface area contributed by atoms with Gasteiger partial charge in [0, 0.05) is 5.69 Å². The first-order chi connectivity index (χ1) is 14.4. The standard InChI is InChI=1S/C25H21ClN2O2/c1-15-8-11-18(12-9-15)22-23(27-20-13-10-16(2)14-17(20)3)25(30)28(24(22)29)21-7-5-4-6-19(21)26/h4-14,27H,1-3H3. The van der Waals surface area contributed by atoms with Crippen molar-refractivity contribution in [2.24, 2.45) is 0 Å². The van der Waals surface area contributed by atoms with Crippen molar-refractivity contribution in [1.82, 2.24) is 0 Å². The summed E-state index contributed by atoms with van der Waals surface area (Å²) in [4.78, 5) is 28.0. The molecular weight excluding hydrogens is 396 g/mol. The molecule has 150 valence electrons. The molecular formula is C25H21ClN2O2. The van der Waals surface area contributed by atoms with E-state index in [1.165, 1.54) is 0 Å². The number of para-hydroxylation sites is 1. The molecule has 5 heteroatoms. The van der Waals surface area contributed by atoms with Crippen LogP contribution in [0.15, 0.2) is 72.4 Å². The van der Waals surface area contributed by atoms with Crippen LogP contribution in [0, 0.1) is 20.8 Å². The van der Waals surface area contributed by atoms with Crippen LogP contribution < -0.4 is 10.2 Å². The predicted molar refractivity (Wildman–Crippen MR) is 122 cm³/mol. The zero-order valence-electron chi connectivity index (χ0n) is 17.0. The molecule has 2 amide bonds. The number of nitrogens with one attached hydrogen (secondary N) is 1. The first kappa shape index (κ1) is 19.9. The Morgan fingerprint density at radius 2 is 1.47 bits per heavy atom. The van der Waals surface area contributed by atoms with E-state index in [4.69, 9.17) is 11.6 Å². The molecule has 0 bridgehead atoms. The van der Waals surface area contributed by atoms with Gasteiger partial charge in [-0.25, -0.2) is 4.90 Å². The number of carbonyl (C=O) groups excluding carboxylic acids is 2. The minimum Gasteiger partial charge on any atom is -0.350 e. The summed E-state index contributed by atoms with van der Waals surface area (Å²) in [6.07, 6.45) is 0. The Bertz CT molecular complexity index is 1200. The van der Waals surface area contributed by atoms with Crippen LogP contribution in [0.25, 0.3) is 5.57 Å². The van der Waals surface area contributed by atoms with Crippen molar-refractivity contribution >= 4 is 40.4 Å². The van der Waals surface area contributed by atoms with E-state index >= 15 is 0 Å². The van der Waals surface area contributed by atoms with Crippen LogP contribution in [0.2, 0.25) is 5.02 Å². The van der Waals surface area contributed by atoms with Gasteiger partial charge in [-0.2, -0.15) is 0 Å². The lowest BCUT2D eigenvalue weighted by atomic mass is 10.0. The van der Waals surface area contributed by atoms with E-state index in [9.17, 15) is 9.59 Å². The molecule has 3 aromatic carbocycles. The first-order valence-electron chi connectivity index (χ1n) is 9.65. The minimum absolute atomic E-state index is 0.246. The van der Waals surface area contributed by atoms with Crippen molar-refractivity contribution < 1.29 is 9.59 Å². The second-order valence-corrected chi connectivity index (χ2v) is 7.86. The lowest BCUT2D eigenvalue weighted by Gasteiger charge is -2.17. The van der Waals surface area contributed by atoms with Gasteiger partial charge in [-0.1, -0.05) is 71.3 Å². The van der Waals surface area contributed by atoms with E-state index in [-0.39, 0.29) is 5.70 Å². The number of rotatable bonds is 4. The Labute approximate surface area is 180 Å². The fourth-order valence-corrected chi connectivity index (χ4v) is 3.79. The molecule has 1 aliphatic rings. The number of amides is 2. The Hall–Kier alpha value is -3.37. The normalized spacial score (nSPS) is 13.9. The summed E-state index contributed by atoms with van der Waals surface area (Å²) in [5, 5.41) is 3.57. The molecule has 1 aliphatic heterocycles. The average Bonchev–Trinajstić information content (AvgIpc) is 2.95. The van der Waals surface area contributed by atoms with Crippen LogP contribution in [0.3, 0.4) is 0 Å². The van der Waals surface area contributed by atoms with Gasteiger partial charge in [0.1, 0.15) is 5.70 Å². The Kier molecular flexibility index (Phi) is 5.18. The molecule has 30 heavy (non-hydrogen) atoms. The van der Waals surface area contributed by atoms with E-state index in [0.29, 0.717) is 21.8 Å². The van der Waals surface area contributed by atoms with Crippen LogP contribution in [0.5, 0.6) is 0 Å². The van der Waals surface area contributed by atoms with Gasteiger partial charge < -0.3 is 5.32 Å². The van der Waals surface area contributed by atoms with E-state index < -0.39 is 11.8 Å². The predicted octanol–water partition coefficient (Wildman–Crippen LogP) is 5.66. The second kappa shape index (κ2) is 7.81. The third kappa shape index (κ3) is 3.51. The van der Waals surface area contributed by atoms with Gasteiger partial charge in [0.15, 0.2) is 0 Å². The molecule has 0 aromatic heterocycles. The minimum atomic E-state index is -0.427. The van der Waals surface area contributed by atoms with Crippen molar-refractivity contribution in [3.05, 3.63) is 99.7 Å². The van der Waals surface area contributed by atoms with Crippen molar-refractivity contribution in [3.63, 3.8) is 0 Å². The number of benzene rings is 3. The summed E-state index contributed by atoms with van der Waals surface area (Å²) < 4.78 is 0. The topological polar surface area (TPSA) is 49.4 Å². The van der Waals surface area contributed by atoms with Gasteiger partial charge in [-0.15, -0.1) is 0 Å². The number of anilines is 2. The first-order valence-corrected chi connectivity index (χ1v) is 10.0. The maximum absolute atomic E-state index is 13.4. The quantitative estimate of drug-likeness (QED) is 0.558. The van der Waals surface area contributed by atoms with Gasteiger partial charge in [0.05, 0.1) is 16.3 Å². The molecule has 0 unspecified atom stereocenters. The van der Waals surface area contributed by atoms with Gasteiger partial charge in [-0.3, -0.25) is 9.59 Å². The number of nitrogens with zero attached hydrogens (tertiary/aromatic N) is 1. The number of hydrogen-bond acceptors (Lipinski definition) is 3. The van der Waals surface area contributed by atoms with E-state index in [2.05, 4.69) is 5.32 Å². The number of hydrogen-bond donors (Lipinski definition) is 1. The molecule has 0 atom stereocenters. The number of aryl methyl sites for hydroxylation is 3. The van der Waals surface area contributed by atoms with Crippen LogP contribution in [-0.4, -0.2) is 11.8 Å². The highest BCUT2D eigenvalue weighted by Crippen LogP contribution is 2.37. The number of carbonyl (C=O) groups is 2. The molecule has 0 aliphatic carbocycles. The number of imide groups is 1. The zero-order chi connectivity index (χ0) is 21.4. The van der Waals surface area contributed by atoms with Gasteiger partial charge in [-0.05, 0) is 50.1 Å². The summed E-state index contributed by atoms with van der Waals surface area (Å²) in [6, 6.07) is 20.3. The van der Waals surface area contributed by atoms with Gasteiger partial charge in [0.2, 0.25) is 0 Å². The third-order valence-electron chi connectivity index (χ3n) is 5.16. The highest BCUT2D eigenvalue weighted by atomic mass is 35.5. The largest absolute Gasteiger partial charge is 0.350 e. The molecule has 1 heterocycles.